The van der Waals surface area contributed by atoms with Crippen molar-refractivity contribution in [2.45, 2.75) is 0 Å². The van der Waals surface area contributed by atoms with E-state index < -0.39 is 5.97 Å². The van der Waals surface area contributed by atoms with E-state index in [4.69, 9.17) is 25.1 Å². The minimum atomic E-state index is -1.04. The summed E-state index contributed by atoms with van der Waals surface area (Å²) in [4.78, 5) is 10.8. The number of ether oxygens (including phenoxy) is 3. The smallest absolute Gasteiger partial charge is 0.335 e. The first-order valence-electron chi connectivity index (χ1n) is 5.84. The molecule has 3 N–H and O–H groups in total. The number of rotatable bonds is 3. The lowest BCUT2D eigenvalue weighted by Crippen LogP contribution is -1.99. The standard InChI is InChI=1S/C14H11NO5/c15-10-5-8(14(16)17)1-3-11(10)20-9-2-4-12-13(6-9)19-7-18-12/h1-6H,7,15H2,(H,16,17). The maximum absolute atomic E-state index is 10.8. The maximum atomic E-state index is 10.8. The second-order valence-corrected chi connectivity index (χ2v) is 4.17. The third-order valence-electron chi connectivity index (χ3n) is 2.83. The second kappa shape index (κ2) is 4.65. The van der Waals surface area contributed by atoms with Gasteiger partial charge in [0.15, 0.2) is 11.5 Å². The van der Waals surface area contributed by atoms with Crippen molar-refractivity contribution in [2.75, 3.05) is 12.5 Å². The Morgan fingerprint density at radius 1 is 1.15 bits per heavy atom. The highest BCUT2D eigenvalue weighted by atomic mass is 16.7. The summed E-state index contributed by atoms with van der Waals surface area (Å²) in [5.74, 6) is 1.14. The number of aromatic carboxylic acids is 1. The van der Waals surface area contributed by atoms with E-state index >= 15 is 0 Å². The predicted octanol–water partition coefficient (Wildman–Crippen LogP) is 2.49. The Hall–Kier alpha value is -2.89. The zero-order valence-corrected chi connectivity index (χ0v) is 10.3. The maximum Gasteiger partial charge on any atom is 0.335 e. The van der Waals surface area contributed by atoms with Crippen LogP contribution >= 0.6 is 0 Å². The van der Waals surface area contributed by atoms with Crippen molar-refractivity contribution in [3.63, 3.8) is 0 Å². The van der Waals surface area contributed by atoms with Crippen LogP contribution < -0.4 is 19.9 Å². The Morgan fingerprint density at radius 3 is 2.70 bits per heavy atom. The molecule has 1 aliphatic rings. The van der Waals surface area contributed by atoms with E-state index in [1.165, 1.54) is 18.2 Å². The van der Waals surface area contributed by atoms with Gasteiger partial charge in [-0.15, -0.1) is 0 Å². The molecule has 0 bridgehead atoms. The lowest BCUT2D eigenvalue weighted by atomic mass is 10.2. The fourth-order valence-electron chi connectivity index (χ4n) is 1.84. The highest BCUT2D eigenvalue weighted by molar-refractivity contribution is 5.89. The van der Waals surface area contributed by atoms with Gasteiger partial charge in [0, 0.05) is 6.07 Å². The molecule has 0 unspecified atom stereocenters. The van der Waals surface area contributed by atoms with Gasteiger partial charge in [-0.3, -0.25) is 0 Å². The molecular formula is C14H11NO5. The summed E-state index contributed by atoms with van der Waals surface area (Å²) in [5.41, 5.74) is 6.14. The molecule has 0 saturated carbocycles. The minimum Gasteiger partial charge on any atom is -0.478 e. The van der Waals surface area contributed by atoms with Gasteiger partial charge in [-0.1, -0.05) is 0 Å². The van der Waals surface area contributed by atoms with Crippen LogP contribution in [-0.2, 0) is 0 Å². The molecule has 1 aliphatic heterocycles. The number of carbonyl (C=O) groups is 1. The molecule has 20 heavy (non-hydrogen) atoms. The number of carboxylic acids is 1. The summed E-state index contributed by atoms with van der Waals surface area (Å²) in [6.07, 6.45) is 0. The first-order chi connectivity index (χ1) is 9.63. The van der Waals surface area contributed by atoms with Gasteiger partial charge < -0.3 is 25.1 Å². The van der Waals surface area contributed by atoms with Gasteiger partial charge >= 0.3 is 5.97 Å². The normalized spacial score (nSPS) is 12.2. The number of hydrogen-bond donors (Lipinski definition) is 2. The average Bonchev–Trinajstić information content (AvgIpc) is 2.88. The van der Waals surface area contributed by atoms with Crippen molar-refractivity contribution in [3.05, 3.63) is 42.0 Å². The predicted molar refractivity (Wildman–Crippen MR) is 70.5 cm³/mol. The second-order valence-electron chi connectivity index (χ2n) is 4.17. The first kappa shape index (κ1) is 12.2. The fourth-order valence-corrected chi connectivity index (χ4v) is 1.84. The molecule has 0 atom stereocenters. The monoisotopic (exact) mass is 273 g/mol. The van der Waals surface area contributed by atoms with Gasteiger partial charge in [-0.2, -0.15) is 0 Å². The van der Waals surface area contributed by atoms with E-state index in [1.54, 1.807) is 18.2 Å². The van der Waals surface area contributed by atoms with Crippen molar-refractivity contribution in [1.29, 1.82) is 0 Å². The topological polar surface area (TPSA) is 91.0 Å². The SMILES string of the molecule is Nc1cc(C(=O)O)ccc1Oc1ccc2c(c1)OCO2. The Balaban J connectivity index is 1.86. The van der Waals surface area contributed by atoms with Crippen LogP contribution in [0.4, 0.5) is 5.69 Å². The summed E-state index contributed by atoms with van der Waals surface area (Å²) in [6.45, 7) is 0.189. The molecule has 0 aromatic heterocycles. The van der Waals surface area contributed by atoms with E-state index in [0.29, 0.717) is 23.0 Å². The molecule has 0 amide bonds. The van der Waals surface area contributed by atoms with E-state index in [9.17, 15) is 4.79 Å². The highest BCUT2D eigenvalue weighted by Gasteiger charge is 2.15. The third-order valence-corrected chi connectivity index (χ3v) is 2.83. The molecule has 0 fully saturated rings. The first-order valence-corrected chi connectivity index (χ1v) is 5.84. The summed E-state index contributed by atoms with van der Waals surface area (Å²) < 4.78 is 16.1. The Labute approximate surface area is 114 Å². The number of nitrogen functional groups attached to an aromatic ring is 1. The van der Waals surface area contributed by atoms with Crippen LogP contribution in [0, 0.1) is 0 Å². The zero-order chi connectivity index (χ0) is 14.1. The van der Waals surface area contributed by atoms with Crippen molar-refractivity contribution in [3.8, 4) is 23.0 Å². The van der Waals surface area contributed by atoms with Crippen LogP contribution in [0.3, 0.4) is 0 Å². The molecule has 102 valence electrons. The summed E-state index contributed by atoms with van der Waals surface area (Å²) >= 11 is 0. The lowest BCUT2D eigenvalue weighted by molar-refractivity contribution is 0.0697. The van der Waals surface area contributed by atoms with Crippen LogP contribution in [-0.4, -0.2) is 17.9 Å². The molecule has 0 radical (unpaired) electrons. The molecule has 3 rings (SSSR count). The molecule has 2 aromatic rings. The summed E-state index contributed by atoms with van der Waals surface area (Å²) in [5, 5.41) is 8.87. The van der Waals surface area contributed by atoms with E-state index in [2.05, 4.69) is 0 Å². The van der Waals surface area contributed by atoms with E-state index in [-0.39, 0.29) is 18.0 Å². The number of nitrogens with two attached hydrogens (primary N) is 1. The largest absolute Gasteiger partial charge is 0.478 e. The number of anilines is 1. The molecule has 6 heteroatoms. The van der Waals surface area contributed by atoms with Gasteiger partial charge in [0.2, 0.25) is 6.79 Å². The van der Waals surface area contributed by atoms with Gasteiger partial charge in [0.25, 0.3) is 0 Å². The van der Waals surface area contributed by atoms with Gasteiger partial charge in [0.1, 0.15) is 11.5 Å². The molecule has 2 aromatic carbocycles. The minimum absolute atomic E-state index is 0.112. The quantitative estimate of drug-likeness (QED) is 0.835. The molecular weight excluding hydrogens is 262 g/mol. The van der Waals surface area contributed by atoms with Crippen LogP contribution in [0.1, 0.15) is 10.4 Å². The summed E-state index contributed by atoms with van der Waals surface area (Å²) in [6, 6.07) is 9.44. The van der Waals surface area contributed by atoms with Crippen molar-refractivity contribution in [1.82, 2.24) is 0 Å². The van der Waals surface area contributed by atoms with Crippen LogP contribution in [0.25, 0.3) is 0 Å². The Kier molecular flexibility index (Phi) is 2.83. The Morgan fingerprint density at radius 2 is 1.95 bits per heavy atom. The number of benzene rings is 2. The molecule has 0 spiro atoms. The van der Waals surface area contributed by atoms with Crippen LogP contribution in [0.5, 0.6) is 23.0 Å². The van der Waals surface area contributed by atoms with Crippen molar-refractivity contribution < 1.29 is 24.1 Å². The third kappa shape index (κ3) is 2.18. The summed E-state index contributed by atoms with van der Waals surface area (Å²) in [7, 11) is 0. The number of carboxylic acid groups (broad SMARTS) is 1. The van der Waals surface area contributed by atoms with Gasteiger partial charge in [-0.05, 0) is 30.3 Å². The molecule has 1 heterocycles. The average molecular weight is 273 g/mol. The van der Waals surface area contributed by atoms with Crippen LogP contribution in [0.2, 0.25) is 0 Å². The van der Waals surface area contributed by atoms with Gasteiger partial charge in [0.05, 0.1) is 11.3 Å². The fraction of sp³-hybridized carbons (Fsp3) is 0.0714. The highest BCUT2D eigenvalue weighted by Crippen LogP contribution is 2.37. The molecule has 6 nitrogen and oxygen atoms in total. The zero-order valence-electron chi connectivity index (χ0n) is 10.3. The van der Waals surface area contributed by atoms with Gasteiger partial charge in [-0.25, -0.2) is 4.79 Å². The number of fused-ring (bicyclic) bond motifs is 1. The lowest BCUT2D eigenvalue weighted by Gasteiger charge is -2.09. The van der Waals surface area contributed by atoms with Crippen molar-refractivity contribution in [2.24, 2.45) is 0 Å². The molecule has 0 aliphatic carbocycles. The van der Waals surface area contributed by atoms with Crippen LogP contribution in [0.15, 0.2) is 36.4 Å². The van der Waals surface area contributed by atoms with E-state index in [0.717, 1.165) is 0 Å². The van der Waals surface area contributed by atoms with Crippen molar-refractivity contribution >= 4 is 11.7 Å². The molecule has 0 saturated heterocycles. The number of hydrogen-bond acceptors (Lipinski definition) is 5. The Bertz CT molecular complexity index is 683. The van der Waals surface area contributed by atoms with E-state index in [1.807, 2.05) is 0 Å².